The Labute approximate surface area is 159 Å². The molecular formula is C18H28N6OS. The summed E-state index contributed by atoms with van der Waals surface area (Å²) in [5.74, 6) is 1.56. The molecule has 0 N–H and O–H groups in total. The number of rotatable bonds is 6. The standard InChI is InChI=1S/C18H28N6OS/c1-14(2)8-11-24-17(19-20-21-24)18(22(3)4)9-6-10-23(13-18)16(25)15-7-5-12-26-15/h5,7,12,14H,6,8-11,13H2,1-4H3. The summed E-state index contributed by atoms with van der Waals surface area (Å²) in [7, 11) is 4.11. The summed E-state index contributed by atoms with van der Waals surface area (Å²) in [5, 5.41) is 14.5. The first-order chi connectivity index (χ1) is 12.4. The van der Waals surface area contributed by atoms with Crippen LogP contribution in [-0.4, -0.2) is 63.1 Å². The lowest BCUT2D eigenvalue weighted by atomic mass is 9.86. The Hall–Kier alpha value is -1.80. The number of likely N-dealkylation sites (tertiary alicyclic amines) is 1. The molecule has 2 aromatic heterocycles. The molecule has 3 rings (SSSR count). The van der Waals surface area contributed by atoms with E-state index in [0.717, 1.165) is 43.1 Å². The average Bonchev–Trinajstić information content (AvgIpc) is 3.31. The number of nitrogens with zero attached hydrogens (tertiary/aromatic N) is 6. The van der Waals surface area contributed by atoms with E-state index in [1.54, 1.807) is 0 Å². The first-order valence-electron chi connectivity index (χ1n) is 9.21. The average molecular weight is 377 g/mol. The van der Waals surface area contributed by atoms with E-state index in [2.05, 4.69) is 48.4 Å². The Morgan fingerprint density at radius 1 is 1.42 bits per heavy atom. The molecule has 1 unspecified atom stereocenters. The molecule has 1 aliphatic heterocycles. The molecule has 1 aliphatic rings. The Bertz CT molecular complexity index is 726. The topological polar surface area (TPSA) is 67.2 Å². The van der Waals surface area contributed by atoms with Crippen molar-refractivity contribution in [3.63, 3.8) is 0 Å². The smallest absolute Gasteiger partial charge is 0.263 e. The predicted octanol–water partition coefficient (Wildman–Crippen LogP) is 2.47. The molecule has 0 radical (unpaired) electrons. The Morgan fingerprint density at radius 3 is 2.88 bits per heavy atom. The molecule has 1 atom stereocenters. The van der Waals surface area contributed by atoms with Gasteiger partial charge in [0.2, 0.25) is 0 Å². The molecule has 0 aliphatic carbocycles. The van der Waals surface area contributed by atoms with Crippen LogP contribution in [0.4, 0.5) is 0 Å². The highest BCUT2D eigenvalue weighted by atomic mass is 32.1. The number of hydrogen-bond donors (Lipinski definition) is 0. The minimum Gasteiger partial charge on any atom is -0.336 e. The lowest BCUT2D eigenvalue weighted by Gasteiger charge is -2.45. The van der Waals surface area contributed by atoms with E-state index in [1.165, 1.54) is 11.3 Å². The van der Waals surface area contributed by atoms with Crippen LogP contribution in [0.1, 0.15) is 48.6 Å². The zero-order valence-corrected chi connectivity index (χ0v) is 16.9. The van der Waals surface area contributed by atoms with Gasteiger partial charge in [0.15, 0.2) is 5.82 Å². The SMILES string of the molecule is CC(C)CCn1nnnc1C1(N(C)C)CCCN(C(=O)c2cccs2)C1. The van der Waals surface area contributed by atoms with Crippen LogP contribution < -0.4 is 0 Å². The molecule has 3 heterocycles. The van der Waals surface area contributed by atoms with Gasteiger partial charge in [0, 0.05) is 19.6 Å². The van der Waals surface area contributed by atoms with Crippen molar-refractivity contribution in [1.29, 1.82) is 0 Å². The van der Waals surface area contributed by atoms with Crippen molar-refractivity contribution in [2.24, 2.45) is 5.92 Å². The fraction of sp³-hybridized carbons (Fsp3) is 0.667. The number of thiophene rings is 1. The van der Waals surface area contributed by atoms with Gasteiger partial charge >= 0.3 is 0 Å². The van der Waals surface area contributed by atoms with Gasteiger partial charge in [0.1, 0.15) is 5.54 Å². The van der Waals surface area contributed by atoms with Crippen LogP contribution >= 0.6 is 11.3 Å². The molecule has 0 aromatic carbocycles. The number of aromatic nitrogens is 4. The van der Waals surface area contributed by atoms with E-state index in [0.29, 0.717) is 12.5 Å². The number of carbonyl (C=O) groups is 1. The summed E-state index contributed by atoms with van der Waals surface area (Å²) in [6.45, 7) is 6.59. The Balaban J connectivity index is 1.88. The highest BCUT2D eigenvalue weighted by Gasteiger charge is 2.44. The summed E-state index contributed by atoms with van der Waals surface area (Å²) in [6, 6.07) is 3.82. The molecule has 7 nitrogen and oxygen atoms in total. The van der Waals surface area contributed by atoms with Crippen molar-refractivity contribution < 1.29 is 4.79 Å². The highest BCUT2D eigenvalue weighted by Crippen LogP contribution is 2.35. The maximum absolute atomic E-state index is 12.9. The van der Waals surface area contributed by atoms with Gasteiger partial charge in [-0.1, -0.05) is 19.9 Å². The highest BCUT2D eigenvalue weighted by molar-refractivity contribution is 7.12. The van der Waals surface area contributed by atoms with Crippen molar-refractivity contribution in [3.8, 4) is 0 Å². The van der Waals surface area contributed by atoms with Crippen molar-refractivity contribution in [2.45, 2.75) is 45.2 Å². The largest absolute Gasteiger partial charge is 0.336 e. The van der Waals surface area contributed by atoms with E-state index < -0.39 is 0 Å². The second-order valence-electron chi connectivity index (χ2n) is 7.64. The third kappa shape index (κ3) is 3.66. The van der Waals surface area contributed by atoms with Gasteiger partial charge in [0.25, 0.3) is 5.91 Å². The number of carbonyl (C=O) groups excluding carboxylic acids is 1. The van der Waals surface area contributed by atoms with Gasteiger partial charge in [-0.15, -0.1) is 16.4 Å². The molecule has 1 amide bonds. The van der Waals surface area contributed by atoms with Gasteiger partial charge in [0.05, 0.1) is 4.88 Å². The predicted molar refractivity (Wildman–Crippen MR) is 102 cm³/mol. The summed E-state index contributed by atoms with van der Waals surface area (Å²) in [5.41, 5.74) is -0.356. The molecule has 142 valence electrons. The van der Waals surface area contributed by atoms with Crippen LogP contribution in [0.3, 0.4) is 0 Å². The quantitative estimate of drug-likeness (QED) is 0.775. The van der Waals surface area contributed by atoms with Crippen molar-refractivity contribution in [1.82, 2.24) is 30.0 Å². The van der Waals surface area contributed by atoms with E-state index in [-0.39, 0.29) is 11.4 Å². The maximum Gasteiger partial charge on any atom is 0.263 e. The van der Waals surface area contributed by atoms with Crippen LogP contribution in [0.25, 0.3) is 0 Å². The Kier molecular flexibility index (Phi) is 5.72. The third-order valence-corrected chi connectivity index (χ3v) is 6.07. The van der Waals surface area contributed by atoms with Gasteiger partial charge in [-0.25, -0.2) is 4.68 Å². The molecule has 1 fully saturated rings. The molecule has 8 heteroatoms. The fourth-order valence-corrected chi connectivity index (χ4v) is 4.27. The van der Waals surface area contributed by atoms with Gasteiger partial charge in [-0.3, -0.25) is 9.69 Å². The summed E-state index contributed by atoms with van der Waals surface area (Å²) >= 11 is 1.49. The van der Waals surface area contributed by atoms with Crippen molar-refractivity contribution in [3.05, 3.63) is 28.2 Å². The van der Waals surface area contributed by atoms with E-state index in [4.69, 9.17) is 0 Å². The van der Waals surface area contributed by atoms with E-state index >= 15 is 0 Å². The van der Waals surface area contributed by atoms with Gasteiger partial charge in [-0.2, -0.15) is 0 Å². The van der Waals surface area contributed by atoms with Crippen molar-refractivity contribution in [2.75, 3.05) is 27.2 Å². The summed E-state index contributed by atoms with van der Waals surface area (Å²) in [6.07, 6.45) is 2.90. The van der Waals surface area contributed by atoms with E-state index in [1.807, 2.05) is 27.1 Å². The summed E-state index contributed by atoms with van der Waals surface area (Å²) in [4.78, 5) is 17.8. The zero-order valence-electron chi connectivity index (χ0n) is 16.1. The normalized spacial score (nSPS) is 20.9. The molecular weight excluding hydrogens is 348 g/mol. The second kappa shape index (κ2) is 7.84. The summed E-state index contributed by atoms with van der Waals surface area (Å²) < 4.78 is 1.93. The second-order valence-corrected chi connectivity index (χ2v) is 8.59. The zero-order chi connectivity index (χ0) is 18.7. The number of likely N-dealkylation sites (N-methyl/N-ethyl adjacent to an activating group) is 1. The number of tetrazole rings is 1. The molecule has 1 saturated heterocycles. The van der Waals surface area contributed by atoms with Gasteiger partial charge in [-0.05, 0) is 61.1 Å². The minimum absolute atomic E-state index is 0.104. The van der Waals surface area contributed by atoms with Crippen LogP contribution in [0, 0.1) is 5.92 Å². The number of aryl methyl sites for hydroxylation is 1. The van der Waals surface area contributed by atoms with Crippen LogP contribution in [0.2, 0.25) is 0 Å². The van der Waals surface area contributed by atoms with Crippen LogP contribution in [-0.2, 0) is 12.1 Å². The third-order valence-electron chi connectivity index (χ3n) is 5.21. The van der Waals surface area contributed by atoms with Crippen molar-refractivity contribution >= 4 is 17.2 Å². The Morgan fingerprint density at radius 2 is 2.23 bits per heavy atom. The fourth-order valence-electron chi connectivity index (χ4n) is 3.58. The number of piperidine rings is 1. The minimum atomic E-state index is -0.356. The van der Waals surface area contributed by atoms with Gasteiger partial charge < -0.3 is 4.90 Å². The lowest BCUT2D eigenvalue weighted by Crippen LogP contribution is -2.56. The van der Waals surface area contributed by atoms with E-state index in [9.17, 15) is 4.79 Å². The number of hydrogen-bond acceptors (Lipinski definition) is 6. The van der Waals surface area contributed by atoms with Crippen LogP contribution in [0.5, 0.6) is 0 Å². The molecule has 0 spiro atoms. The molecule has 26 heavy (non-hydrogen) atoms. The first kappa shape index (κ1) is 19.0. The first-order valence-corrected chi connectivity index (χ1v) is 10.1. The monoisotopic (exact) mass is 376 g/mol. The molecule has 0 bridgehead atoms. The van der Waals surface area contributed by atoms with Crippen LogP contribution in [0.15, 0.2) is 17.5 Å². The lowest BCUT2D eigenvalue weighted by molar-refractivity contribution is 0.0260. The number of amides is 1. The molecule has 0 saturated carbocycles. The molecule has 2 aromatic rings. The maximum atomic E-state index is 12.9.